The summed E-state index contributed by atoms with van der Waals surface area (Å²) in [5.41, 5.74) is 6.72. The van der Waals surface area contributed by atoms with Gasteiger partial charge in [0.15, 0.2) is 0 Å². The Kier molecular flexibility index (Phi) is 4.70. The summed E-state index contributed by atoms with van der Waals surface area (Å²) in [4.78, 5) is 4.07. The molecule has 126 valence electrons. The Morgan fingerprint density at radius 1 is 1.20 bits per heavy atom. The van der Waals surface area contributed by atoms with Crippen LogP contribution in [-0.4, -0.2) is 15.7 Å². The van der Waals surface area contributed by atoms with E-state index in [0.717, 1.165) is 19.3 Å². The van der Waals surface area contributed by atoms with Gasteiger partial charge >= 0.3 is 0 Å². The number of nitrogen functional groups attached to an aromatic ring is 1. The number of nitrogens with two attached hydrogens (primary N) is 1. The molecule has 0 spiro atoms. The first kappa shape index (κ1) is 17.0. The first-order valence-electron chi connectivity index (χ1n) is 8.22. The van der Waals surface area contributed by atoms with Crippen molar-refractivity contribution in [3.63, 3.8) is 0 Å². The second kappa shape index (κ2) is 6.93. The lowest BCUT2D eigenvalue weighted by atomic mass is 9.85. The predicted octanol–water partition coefficient (Wildman–Crippen LogP) is 3.39. The maximum atomic E-state index is 13.6. The van der Waals surface area contributed by atoms with Gasteiger partial charge in [-0.15, -0.1) is 0 Å². The first-order valence-corrected chi connectivity index (χ1v) is 8.22. The third kappa shape index (κ3) is 3.63. The molecule has 3 N–H and O–H groups in total. The maximum Gasteiger partial charge on any atom is 0.140 e. The summed E-state index contributed by atoms with van der Waals surface area (Å²) >= 11 is 0. The molecule has 1 fully saturated rings. The van der Waals surface area contributed by atoms with Crippen molar-refractivity contribution in [2.45, 2.75) is 37.7 Å². The number of hydrogen-bond acceptors (Lipinski definition) is 4. The molecule has 4 nitrogen and oxygen atoms in total. The Hall–Kier alpha value is -2.89. The van der Waals surface area contributed by atoms with Crippen molar-refractivity contribution in [3.05, 3.63) is 47.4 Å². The van der Waals surface area contributed by atoms with E-state index in [0.29, 0.717) is 29.5 Å². The van der Waals surface area contributed by atoms with Crippen molar-refractivity contribution >= 4 is 5.82 Å². The fourth-order valence-electron chi connectivity index (χ4n) is 3.07. The van der Waals surface area contributed by atoms with E-state index in [2.05, 4.69) is 16.8 Å². The molecule has 5 heteroatoms. The second-order valence-electron chi connectivity index (χ2n) is 6.27. The summed E-state index contributed by atoms with van der Waals surface area (Å²) < 4.78 is 13.6. The van der Waals surface area contributed by atoms with Crippen LogP contribution < -0.4 is 5.73 Å². The van der Waals surface area contributed by atoms with Gasteiger partial charge in [-0.2, -0.15) is 5.26 Å². The highest BCUT2D eigenvalue weighted by Crippen LogP contribution is 2.30. The summed E-state index contributed by atoms with van der Waals surface area (Å²) in [5.74, 6) is 5.60. The van der Waals surface area contributed by atoms with Gasteiger partial charge < -0.3 is 10.8 Å². The fraction of sp³-hybridized carbons (Fsp3) is 0.300. The monoisotopic (exact) mass is 335 g/mol. The van der Waals surface area contributed by atoms with Gasteiger partial charge in [0.1, 0.15) is 23.3 Å². The molecular weight excluding hydrogens is 317 g/mol. The molecule has 3 rings (SSSR count). The third-order valence-corrected chi connectivity index (χ3v) is 4.48. The fourth-order valence-corrected chi connectivity index (χ4v) is 3.07. The minimum atomic E-state index is -1.00. The van der Waals surface area contributed by atoms with Crippen LogP contribution in [0.2, 0.25) is 0 Å². The van der Waals surface area contributed by atoms with Gasteiger partial charge in [0.2, 0.25) is 0 Å². The molecule has 0 unspecified atom stereocenters. The molecule has 1 aromatic carbocycles. The molecule has 0 amide bonds. The van der Waals surface area contributed by atoms with E-state index in [4.69, 9.17) is 11.0 Å². The lowest BCUT2D eigenvalue weighted by Crippen LogP contribution is -2.29. The molecule has 1 saturated carbocycles. The lowest BCUT2D eigenvalue weighted by molar-refractivity contribution is 0.0610. The molecule has 0 radical (unpaired) electrons. The van der Waals surface area contributed by atoms with Crippen LogP contribution in [-0.2, 0) is 0 Å². The Balaban J connectivity index is 2.06. The van der Waals surface area contributed by atoms with Crippen molar-refractivity contribution in [2.24, 2.45) is 0 Å². The average Bonchev–Trinajstić information content (AvgIpc) is 2.61. The van der Waals surface area contributed by atoms with Crippen molar-refractivity contribution in [1.82, 2.24) is 4.98 Å². The van der Waals surface area contributed by atoms with Gasteiger partial charge in [-0.05, 0) is 49.4 Å². The molecule has 2 aromatic rings. The second-order valence-corrected chi connectivity index (χ2v) is 6.27. The number of halogens is 1. The van der Waals surface area contributed by atoms with Crippen LogP contribution in [0.1, 0.15) is 43.2 Å². The van der Waals surface area contributed by atoms with E-state index in [9.17, 15) is 9.50 Å². The number of aliphatic hydroxyl groups is 1. The lowest BCUT2D eigenvalue weighted by Gasteiger charge is -2.26. The van der Waals surface area contributed by atoms with Gasteiger partial charge in [0.05, 0.1) is 11.1 Å². The van der Waals surface area contributed by atoms with Crippen molar-refractivity contribution in [3.8, 4) is 29.0 Å². The van der Waals surface area contributed by atoms with E-state index in [1.165, 1.54) is 12.1 Å². The van der Waals surface area contributed by atoms with Crippen LogP contribution in [0.3, 0.4) is 0 Å². The Labute approximate surface area is 146 Å². The van der Waals surface area contributed by atoms with Crippen molar-refractivity contribution in [1.29, 1.82) is 5.26 Å². The summed E-state index contributed by atoms with van der Waals surface area (Å²) in [6.07, 6.45) is 5.83. The van der Waals surface area contributed by atoms with Gasteiger partial charge in [-0.25, -0.2) is 9.37 Å². The number of pyridine rings is 1. The molecule has 1 aromatic heterocycles. The minimum absolute atomic E-state index is 0.0438. The zero-order chi connectivity index (χ0) is 17.9. The molecule has 25 heavy (non-hydrogen) atoms. The summed E-state index contributed by atoms with van der Waals surface area (Å²) in [7, 11) is 0. The Morgan fingerprint density at radius 2 is 1.96 bits per heavy atom. The molecule has 1 heterocycles. The zero-order valence-corrected chi connectivity index (χ0v) is 13.7. The molecular formula is C20H18FN3O. The van der Waals surface area contributed by atoms with E-state index in [1.54, 1.807) is 18.3 Å². The number of benzene rings is 1. The topological polar surface area (TPSA) is 82.9 Å². The highest BCUT2D eigenvalue weighted by Gasteiger charge is 2.26. The third-order valence-electron chi connectivity index (χ3n) is 4.48. The number of nitrogens with zero attached hydrogens (tertiary/aromatic N) is 2. The van der Waals surface area contributed by atoms with Crippen LogP contribution in [0.4, 0.5) is 10.2 Å². The predicted molar refractivity (Wildman–Crippen MR) is 93.7 cm³/mol. The summed E-state index contributed by atoms with van der Waals surface area (Å²) in [5, 5.41) is 19.6. The number of aromatic nitrogens is 1. The van der Waals surface area contributed by atoms with Crippen molar-refractivity contribution < 1.29 is 9.50 Å². The largest absolute Gasteiger partial charge is 0.383 e. The van der Waals surface area contributed by atoms with E-state index in [-0.39, 0.29) is 11.4 Å². The average molecular weight is 335 g/mol. The zero-order valence-electron chi connectivity index (χ0n) is 13.7. The maximum absolute atomic E-state index is 13.6. The summed E-state index contributed by atoms with van der Waals surface area (Å²) in [6, 6.07) is 7.84. The van der Waals surface area contributed by atoms with Crippen LogP contribution in [0.5, 0.6) is 0 Å². The van der Waals surface area contributed by atoms with Crippen LogP contribution in [0, 0.1) is 29.0 Å². The minimum Gasteiger partial charge on any atom is -0.383 e. The smallest absolute Gasteiger partial charge is 0.140 e. The normalized spacial score (nSPS) is 15.7. The number of anilines is 1. The van der Waals surface area contributed by atoms with Crippen LogP contribution >= 0.6 is 0 Å². The standard InChI is InChI=1S/C20H18FN3O/c21-18-5-4-14(12-15(18)13-22)16-7-11-24-19(23)17(16)6-10-20(25)8-2-1-3-9-20/h4-5,7,11-12,25H,1-3,8-9H2,(H2,23,24). The molecule has 0 atom stereocenters. The van der Waals surface area contributed by atoms with Gasteiger partial charge in [0.25, 0.3) is 0 Å². The van der Waals surface area contributed by atoms with Crippen LogP contribution in [0.15, 0.2) is 30.5 Å². The Bertz CT molecular complexity index is 899. The van der Waals surface area contributed by atoms with E-state index in [1.807, 2.05) is 6.07 Å². The number of hydrogen-bond donors (Lipinski definition) is 2. The number of rotatable bonds is 1. The van der Waals surface area contributed by atoms with Gasteiger partial charge in [-0.1, -0.05) is 24.3 Å². The highest BCUT2D eigenvalue weighted by atomic mass is 19.1. The molecule has 1 aliphatic rings. The van der Waals surface area contributed by atoms with Gasteiger partial charge in [-0.3, -0.25) is 0 Å². The van der Waals surface area contributed by atoms with E-state index >= 15 is 0 Å². The molecule has 1 aliphatic carbocycles. The SMILES string of the molecule is N#Cc1cc(-c2ccnc(N)c2C#CC2(O)CCCCC2)ccc1F. The molecule has 0 saturated heterocycles. The molecule has 0 bridgehead atoms. The van der Waals surface area contributed by atoms with E-state index < -0.39 is 11.4 Å². The Morgan fingerprint density at radius 3 is 2.68 bits per heavy atom. The van der Waals surface area contributed by atoms with Crippen molar-refractivity contribution in [2.75, 3.05) is 5.73 Å². The van der Waals surface area contributed by atoms with Crippen LogP contribution in [0.25, 0.3) is 11.1 Å². The summed E-state index contributed by atoms with van der Waals surface area (Å²) in [6.45, 7) is 0. The molecule has 0 aliphatic heterocycles. The quantitative estimate of drug-likeness (QED) is 0.783. The highest BCUT2D eigenvalue weighted by molar-refractivity contribution is 5.76. The number of nitriles is 1. The first-order chi connectivity index (χ1) is 12.0. The van der Waals surface area contributed by atoms with Gasteiger partial charge in [0, 0.05) is 11.8 Å².